The van der Waals surface area contributed by atoms with Crippen LogP contribution in [0.4, 0.5) is 15.8 Å². The van der Waals surface area contributed by atoms with Gasteiger partial charge in [0.25, 0.3) is 5.91 Å². The molecule has 2 aromatic rings. The Balaban J connectivity index is 2.28. The van der Waals surface area contributed by atoms with E-state index in [9.17, 15) is 9.18 Å². The van der Waals surface area contributed by atoms with Crippen LogP contribution in [0.5, 0.6) is 0 Å². The van der Waals surface area contributed by atoms with Crippen LogP contribution in [0.15, 0.2) is 24.3 Å². The predicted molar refractivity (Wildman–Crippen MR) is 76.0 cm³/mol. The number of rotatable bonds is 4. The molecule has 3 N–H and O–H groups in total. The average Bonchev–Trinajstić information content (AvgIpc) is 2.86. The molecule has 20 heavy (non-hydrogen) atoms. The van der Waals surface area contributed by atoms with E-state index in [2.05, 4.69) is 10.4 Å². The monoisotopic (exact) mass is 276 g/mol. The number of hydrogen-bond acceptors (Lipinski definition) is 3. The number of aryl methyl sites for hydroxylation is 2. The molecule has 1 aromatic carbocycles. The summed E-state index contributed by atoms with van der Waals surface area (Å²) in [5.41, 5.74) is 7.57. The van der Waals surface area contributed by atoms with E-state index in [1.165, 1.54) is 18.2 Å². The fourth-order valence-corrected chi connectivity index (χ4v) is 1.89. The number of carbonyl (C=O) groups is 1. The molecule has 0 aliphatic heterocycles. The zero-order chi connectivity index (χ0) is 14.7. The van der Waals surface area contributed by atoms with Gasteiger partial charge < -0.3 is 11.1 Å². The molecule has 0 bridgehead atoms. The molecule has 0 radical (unpaired) electrons. The van der Waals surface area contributed by atoms with Crippen molar-refractivity contribution in [3.8, 4) is 0 Å². The Bertz CT molecular complexity index is 636. The normalized spacial score (nSPS) is 10.6. The highest BCUT2D eigenvalue weighted by molar-refractivity contribution is 6.04. The van der Waals surface area contributed by atoms with E-state index in [0.717, 1.165) is 12.1 Å². The lowest BCUT2D eigenvalue weighted by Gasteiger charge is -2.09. The first-order valence-corrected chi connectivity index (χ1v) is 6.48. The van der Waals surface area contributed by atoms with Crippen LogP contribution in [0.3, 0.4) is 0 Å². The summed E-state index contributed by atoms with van der Waals surface area (Å²) in [5.74, 6) is -0.802. The molecule has 0 atom stereocenters. The van der Waals surface area contributed by atoms with Gasteiger partial charge in [0.15, 0.2) is 0 Å². The number of amides is 1. The summed E-state index contributed by atoms with van der Waals surface area (Å²) in [6, 6.07) is 5.59. The maximum Gasteiger partial charge on any atom is 0.273 e. The van der Waals surface area contributed by atoms with Gasteiger partial charge >= 0.3 is 0 Å². The Kier molecular flexibility index (Phi) is 4.02. The van der Waals surface area contributed by atoms with Crippen LogP contribution < -0.4 is 11.1 Å². The van der Waals surface area contributed by atoms with Gasteiger partial charge in [-0.05, 0) is 37.6 Å². The fourth-order valence-electron chi connectivity index (χ4n) is 1.89. The van der Waals surface area contributed by atoms with E-state index in [4.69, 9.17) is 5.73 Å². The molecule has 0 fully saturated rings. The van der Waals surface area contributed by atoms with Crippen molar-refractivity contribution in [3.05, 3.63) is 41.5 Å². The molecular formula is C14H17FN4O. The smallest absolute Gasteiger partial charge is 0.273 e. The van der Waals surface area contributed by atoms with E-state index >= 15 is 0 Å². The van der Waals surface area contributed by atoms with Crippen LogP contribution in [0.1, 0.15) is 30.0 Å². The summed E-state index contributed by atoms with van der Waals surface area (Å²) >= 11 is 0. The van der Waals surface area contributed by atoms with Crippen LogP contribution in [-0.4, -0.2) is 15.7 Å². The van der Waals surface area contributed by atoms with Crippen molar-refractivity contribution in [2.45, 2.75) is 26.8 Å². The van der Waals surface area contributed by atoms with Gasteiger partial charge in [-0.3, -0.25) is 9.48 Å². The van der Waals surface area contributed by atoms with Gasteiger partial charge in [-0.25, -0.2) is 4.39 Å². The van der Waals surface area contributed by atoms with Crippen LogP contribution in [0.2, 0.25) is 0 Å². The second kappa shape index (κ2) is 5.73. The summed E-state index contributed by atoms with van der Waals surface area (Å²) < 4.78 is 14.8. The standard InChI is InChI=1S/C14H17FN4O/c1-3-10-8-13(19(4-2)18-10)14(20)17-12-7-9(15)5-6-11(12)16/h5-8H,3-4,16H2,1-2H3,(H,17,20). The molecule has 1 aromatic heterocycles. The predicted octanol–water partition coefficient (Wildman–Crippen LogP) is 2.44. The Morgan fingerprint density at radius 3 is 2.80 bits per heavy atom. The number of hydrogen-bond donors (Lipinski definition) is 2. The van der Waals surface area contributed by atoms with Gasteiger partial charge in [0, 0.05) is 6.54 Å². The first-order valence-electron chi connectivity index (χ1n) is 6.48. The SMILES string of the molecule is CCc1cc(C(=O)Nc2cc(F)ccc2N)n(CC)n1. The van der Waals surface area contributed by atoms with Crippen molar-refractivity contribution in [2.75, 3.05) is 11.1 Å². The lowest BCUT2D eigenvalue weighted by Crippen LogP contribution is -2.18. The van der Waals surface area contributed by atoms with E-state index < -0.39 is 5.82 Å². The van der Waals surface area contributed by atoms with Crippen LogP contribution in [0, 0.1) is 5.82 Å². The Morgan fingerprint density at radius 2 is 2.15 bits per heavy atom. The molecule has 0 saturated carbocycles. The van der Waals surface area contributed by atoms with Gasteiger partial charge in [-0.1, -0.05) is 6.92 Å². The maximum atomic E-state index is 13.2. The van der Waals surface area contributed by atoms with Crippen LogP contribution in [-0.2, 0) is 13.0 Å². The summed E-state index contributed by atoms with van der Waals surface area (Å²) in [6.45, 7) is 4.45. The average molecular weight is 276 g/mol. The van der Waals surface area contributed by atoms with Gasteiger partial charge in [-0.2, -0.15) is 5.10 Å². The Labute approximate surface area is 116 Å². The lowest BCUT2D eigenvalue weighted by atomic mass is 10.2. The molecule has 0 aliphatic rings. The fraction of sp³-hybridized carbons (Fsp3) is 0.286. The van der Waals surface area contributed by atoms with Gasteiger partial charge in [0.2, 0.25) is 0 Å². The number of halogens is 1. The van der Waals surface area contributed by atoms with E-state index in [-0.39, 0.29) is 11.6 Å². The van der Waals surface area contributed by atoms with Gasteiger partial charge in [-0.15, -0.1) is 0 Å². The number of nitrogens with zero attached hydrogens (tertiary/aromatic N) is 2. The van der Waals surface area contributed by atoms with Crippen molar-refractivity contribution in [1.82, 2.24) is 9.78 Å². The first-order chi connectivity index (χ1) is 9.55. The number of nitrogens with one attached hydrogen (secondary N) is 1. The third kappa shape index (κ3) is 2.79. The maximum absolute atomic E-state index is 13.2. The number of nitrogen functional groups attached to an aromatic ring is 1. The van der Waals surface area contributed by atoms with Crippen molar-refractivity contribution >= 4 is 17.3 Å². The third-order valence-corrected chi connectivity index (χ3v) is 2.99. The van der Waals surface area contributed by atoms with Crippen molar-refractivity contribution < 1.29 is 9.18 Å². The summed E-state index contributed by atoms with van der Waals surface area (Å²) in [5, 5.41) is 6.92. The summed E-state index contributed by atoms with van der Waals surface area (Å²) in [6.07, 6.45) is 0.745. The minimum atomic E-state index is -0.451. The number of carbonyl (C=O) groups excluding carboxylic acids is 1. The van der Waals surface area contributed by atoms with Gasteiger partial charge in [0.1, 0.15) is 11.5 Å². The number of benzene rings is 1. The second-order valence-electron chi connectivity index (χ2n) is 4.38. The topological polar surface area (TPSA) is 72.9 Å². The van der Waals surface area contributed by atoms with E-state index in [0.29, 0.717) is 17.9 Å². The van der Waals surface area contributed by atoms with Crippen LogP contribution >= 0.6 is 0 Å². The highest BCUT2D eigenvalue weighted by Gasteiger charge is 2.15. The molecular weight excluding hydrogens is 259 g/mol. The Morgan fingerprint density at radius 1 is 1.40 bits per heavy atom. The third-order valence-electron chi connectivity index (χ3n) is 2.99. The molecule has 0 unspecified atom stereocenters. The molecule has 106 valence electrons. The van der Waals surface area contributed by atoms with Crippen molar-refractivity contribution in [2.24, 2.45) is 0 Å². The molecule has 1 amide bonds. The zero-order valence-corrected chi connectivity index (χ0v) is 11.5. The van der Waals surface area contributed by atoms with Crippen LogP contribution in [0.25, 0.3) is 0 Å². The van der Waals surface area contributed by atoms with Crippen molar-refractivity contribution in [3.63, 3.8) is 0 Å². The summed E-state index contributed by atoms with van der Waals surface area (Å²) in [7, 11) is 0. The number of aromatic nitrogens is 2. The molecule has 2 rings (SSSR count). The van der Waals surface area contributed by atoms with Crippen molar-refractivity contribution in [1.29, 1.82) is 0 Å². The molecule has 5 nitrogen and oxygen atoms in total. The minimum absolute atomic E-state index is 0.261. The number of nitrogens with two attached hydrogens (primary N) is 1. The first kappa shape index (κ1) is 14.0. The molecule has 1 heterocycles. The number of anilines is 2. The van der Waals surface area contributed by atoms with E-state index in [1.807, 2.05) is 13.8 Å². The lowest BCUT2D eigenvalue weighted by molar-refractivity contribution is 0.101. The summed E-state index contributed by atoms with van der Waals surface area (Å²) in [4.78, 5) is 12.2. The second-order valence-corrected chi connectivity index (χ2v) is 4.38. The van der Waals surface area contributed by atoms with Gasteiger partial charge in [0.05, 0.1) is 17.1 Å². The highest BCUT2D eigenvalue weighted by Crippen LogP contribution is 2.20. The largest absolute Gasteiger partial charge is 0.397 e. The molecule has 0 saturated heterocycles. The molecule has 0 aliphatic carbocycles. The molecule has 6 heteroatoms. The Hall–Kier alpha value is -2.37. The quantitative estimate of drug-likeness (QED) is 0.842. The molecule has 0 spiro atoms. The minimum Gasteiger partial charge on any atom is -0.397 e. The van der Waals surface area contributed by atoms with E-state index in [1.54, 1.807) is 10.7 Å². The zero-order valence-electron chi connectivity index (χ0n) is 11.5. The highest BCUT2D eigenvalue weighted by atomic mass is 19.1.